The van der Waals surface area contributed by atoms with Gasteiger partial charge in [-0.1, -0.05) is 6.07 Å². The van der Waals surface area contributed by atoms with Gasteiger partial charge in [-0.25, -0.2) is 4.79 Å². The van der Waals surface area contributed by atoms with Crippen molar-refractivity contribution < 1.29 is 9.53 Å². The molecule has 1 aromatic carbocycles. The molecule has 4 nitrogen and oxygen atoms in total. The number of carbonyl (C=O) groups excluding carboxylic acids is 1. The van der Waals surface area contributed by atoms with Crippen LogP contribution < -0.4 is 5.73 Å². The Morgan fingerprint density at radius 1 is 1.56 bits per heavy atom. The van der Waals surface area contributed by atoms with E-state index in [0.717, 1.165) is 14.5 Å². The number of aromatic nitrogens is 1. The van der Waals surface area contributed by atoms with Crippen LogP contribution in [0.5, 0.6) is 0 Å². The second-order valence-electron chi connectivity index (χ2n) is 3.33. The van der Waals surface area contributed by atoms with Crippen LogP contribution in [-0.4, -0.2) is 17.6 Å². The maximum Gasteiger partial charge on any atom is 0.354 e. The molecular weight excluding hydrogens is 319 g/mol. The van der Waals surface area contributed by atoms with Crippen molar-refractivity contribution in [3.8, 4) is 0 Å². The van der Waals surface area contributed by atoms with Gasteiger partial charge >= 0.3 is 5.97 Å². The van der Waals surface area contributed by atoms with Crippen molar-refractivity contribution in [3.63, 3.8) is 0 Å². The van der Waals surface area contributed by atoms with Crippen molar-refractivity contribution in [2.24, 2.45) is 0 Å². The van der Waals surface area contributed by atoms with E-state index in [9.17, 15) is 4.79 Å². The lowest BCUT2D eigenvalue weighted by molar-refractivity contribution is 0.0520. The predicted octanol–water partition coefficient (Wildman–Crippen LogP) is 2.53. The largest absolute Gasteiger partial charge is 0.461 e. The van der Waals surface area contributed by atoms with E-state index < -0.39 is 0 Å². The number of nitrogens with one attached hydrogen (secondary N) is 1. The molecule has 0 spiro atoms. The first kappa shape index (κ1) is 11.3. The molecule has 1 aromatic heterocycles. The molecule has 0 saturated carbocycles. The number of rotatable bonds is 2. The number of anilines is 1. The minimum atomic E-state index is -0.354. The molecule has 0 saturated heterocycles. The number of carbonyl (C=O) groups is 1. The maximum atomic E-state index is 11.5. The van der Waals surface area contributed by atoms with Gasteiger partial charge in [0, 0.05) is 8.96 Å². The Morgan fingerprint density at radius 3 is 3.00 bits per heavy atom. The zero-order chi connectivity index (χ0) is 11.7. The summed E-state index contributed by atoms with van der Waals surface area (Å²) in [5.41, 5.74) is 7.80. The zero-order valence-corrected chi connectivity index (χ0v) is 10.9. The molecule has 0 bridgehead atoms. The van der Waals surface area contributed by atoms with Gasteiger partial charge in [0.05, 0.1) is 17.8 Å². The summed E-state index contributed by atoms with van der Waals surface area (Å²) < 4.78 is 5.88. The Balaban J connectivity index is 2.52. The van der Waals surface area contributed by atoms with Gasteiger partial charge in [-0.3, -0.25) is 0 Å². The summed E-state index contributed by atoms with van der Waals surface area (Å²) in [5.74, 6) is -0.354. The molecule has 2 rings (SSSR count). The number of hydrogen-bond donors (Lipinski definition) is 2. The molecule has 0 aliphatic carbocycles. The summed E-state index contributed by atoms with van der Waals surface area (Å²) in [5, 5.41) is 0.918. The van der Waals surface area contributed by atoms with E-state index in [1.165, 1.54) is 0 Å². The van der Waals surface area contributed by atoms with E-state index in [-0.39, 0.29) is 5.97 Å². The van der Waals surface area contributed by atoms with Crippen molar-refractivity contribution in [1.82, 2.24) is 4.98 Å². The van der Waals surface area contributed by atoms with E-state index in [1.54, 1.807) is 13.0 Å². The summed E-state index contributed by atoms with van der Waals surface area (Å²) in [4.78, 5) is 14.5. The molecule has 3 N–H and O–H groups in total. The van der Waals surface area contributed by atoms with Crippen LogP contribution in [-0.2, 0) is 4.74 Å². The van der Waals surface area contributed by atoms with Crippen molar-refractivity contribution in [2.45, 2.75) is 6.92 Å². The van der Waals surface area contributed by atoms with Gasteiger partial charge in [-0.15, -0.1) is 0 Å². The number of benzene rings is 1. The molecule has 0 aliphatic heterocycles. The van der Waals surface area contributed by atoms with Gasteiger partial charge < -0.3 is 15.5 Å². The van der Waals surface area contributed by atoms with E-state index in [2.05, 4.69) is 27.6 Å². The van der Waals surface area contributed by atoms with Crippen LogP contribution in [0.25, 0.3) is 10.9 Å². The highest BCUT2D eigenvalue weighted by atomic mass is 127. The van der Waals surface area contributed by atoms with Gasteiger partial charge in [0.2, 0.25) is 0 Å². The molecular formula is C11H11IN2O2. The van der Waals surface area contributed by atoms with Crippen LogP contribution in [0.15, 0.2) is 18.2 Å². The minimum Gasteiger partial charge on any atom is -0.461 e. The number of halogens is 1. The lowest BCUT2D eigenvalue weighted by Crippen LogP contribution is -2.04. The van der Waals surface area contributed by atoms with Crippen molar-refractivity contribution >= 4 is 45.2 Å². The topological polar surface area (TPSA) is 68.1 Å². The maximum absolute atomic E-state index is 11.5. The lowest BCUT2D eigenvalue weighted by atomic mass is 10.2. The van der Waals surface area contributed by atoms with Gasteiger partial charge in [-0.2, -0.15) is 0 Å². The van der Waals surface area contributed by atoms with E-state index in [0.29, 0.717) is 18.0 Å². The van der Waals surface area contributed by atoms with Crippen molar-refractivity contribution in [2.75, 3.05) is 12.3 Å². The number of nitrogens with two attached hydrogens (primary N) is 1. The van der Waals surface area contributed by atoms with Crippen LogP contribution in [0.2, 0.25) is 0 Å². The summed E-state index contributed by atoms with van der Waals surface area (Å²) >= 11 is 2.15. The average Bonchev–Trinajstić information content (AvgIpc) is 2.69. The van der Waals surface area contributed by atoms with Gasteiger partial charge in [0.15, 0.2) is 0 Å². The molecule has 0 amide bonds. The molecule has 16 heavy (non-hydrogen) atoms. The fourth-order valence-electron chi connectivity index (χ4n) is 1.52. The first-order valence-electron chi connectivity index (χ1n) is 4.87. The van der Waals surface area contributed by atoms with Gasteiger partial charge in [0.25, 0.3) is 0 Å². The molecule has 0 fully saturated rings. The SMILES string of the molecule is CCOC(=O)c1cc2ccc(I)c(N)c2[nH]1. The quantitative estimate of drug-likeness (QED) is 0.505. The molecule has 1 heterocycles. The summed E-state index contributed by atoms with van der Waals surface area (Å²) in [6.45, 7) is 2.14. The minimum absolute atomic E-state index is 0.354. The second-order valence-corrected chi connectivity index (χ2v) is 4.49. The van der Waals surface area contributed by atoms with Crippen LogP contribution in [0, 0.1) is 3.57 Å². The van der Waals surface area contributed by atoms with Crippen molar-refractivity contribution in [1.29, 1.82) is 0 Å². The van der Waals surface area contributed by atoms with Crippen LogP contribution in [0.1, 0.15) is 17.4 Å². The average molecular weight is 330 g/mol. The predicted molar refractivity (Wildman–Crippen MR) is 71.4 cm³/mol. The molecule has 2 aromatic rings. The number of fused-ring (bicyclic) bond motifs is 1. The first-order valence-corrected chi connectivity index (χ1v) is 5.95. The highest BCUT2D eigenvalue weighted by Crippen LogP contribution is 2.26. The van der Waals surface area contributed by atoms with E-state index >= 15 is 0 Å². The van der Waals surface area contributed by atoms with E-state index in [4.69, 9.17) is 10.5 Å². The fraction of sp³-hybridized carbons (Fsp3) is 0.182. The Morgan fingerprint density at radius 2 is 2.31 bits per heavy atom. The molecule has 0 atom stereocenters. The number of aromatic amines is 1. The monoisotopic (exact) mass is 330 g/mol. The standard InChI is InChI=1S/C11H11IN2O2/c1-2-16-11(15)8-5-6-3-4-7(12)9(13)10(6)14-8/h3-5,14H,2,13H2,1H3. The summed E-state index contributed by atoms with van der Waals surface area (Å²) in [7, 11) is 0. The number of hydrogen-bond acceptors (Lipinski definition) is 3. The summed E-state index contributed by atoms with van der Waals surface area (Å²) in [6, 6.07) is 5.59. The first-order chi connectivity index (χ1) is 7.63. The second kappa shape index (κ2) is 4.32. The molecule has 0 radical (unpaired) electrons. The number of nitrogen functional groups attached to an aromatic ring is 1. The third-order valence-corrected chi connectivity index (χ3v) is 3.22. The Labute approximate surface area is 106 Å². The zero-order valence-electron chi connectivity index (χ0n) is 8.71. The highest BCUT2D eigenvalue weighted by Gasteiger charge is 2.12. The molecule has 84 valence electrons. The van der Waals surface area contributed by atoms with E-state index in [1.807, 2.05) is 12.1 Å². The normalized spacial score (nSPS) is 10.6. The molecule has 0 aliphatic rings. The number of H-pyrrole nitrogens is 1. The van der Waals surface area contributed by atoms with Crippen LogP contribution >= 0.6 is 22.6 Å². The number of ether oxygens (including phenoxy) is 1. The lowest BCUT2D eigenvalue weighted by Gasteiger charge is -1.99. The third kappa shape index (κ3) is 1.87. The molecule has 5 heteroatoms. The highest BCUT2D eigenvalue weighted by molar-refractivity contribution is 14.1. The van der Waals surface area contributed by atoms with Gasteiger partial charge in [-0.05, 0) is 41.6 Å². The van der Waals surface area contributed by atoms with Crippen LogP contribution in [0.3, 0.4) is 0 Å². The molecule has 0 unspecified atom stereocenters. The van der Waals surface area contributed by atoms with Crippen molar-refractivity contribution in [3.05, 3.63) is 27.5 Å². The Hall–Kier alpha value is -1.24. The smallest absolute Gasteiger partial charge is 0.354 e. The fourth-order valence-corrected chi connectivity index (χ4v) is 1.97. The summed E-state index contributed by atoms with van der Waals surface area (Å²) in [6.07, 6.45) is 0. The Kier molecular flexibility index (Phi) is 3.04. The van der Waals surface area contributed by atoms with Crippen LogP contribution in [0.4, 0.5) is 5.69 Å². The third-order valence-electron chi connectivity index (χ3n) is 2.28. The Bertz CT molecular complexity index is 548. The van der Waals surface area contributed by atoms with Gasteiger partial charge in [0.1, 0.15) is 5.69 Å². The number of esters is 1.